The molecule has 1 aromatic rings. The van der Waals surface area contributed by atoms with Crippen LogP contribution in [0, 0.1) is 0 Å². The van der Waals surface area contributed by atoms with Crippen molar-refractivity contribution in [2.45, 2.75) is 26.3 Å². The largest absolute Gasteiger partial charge is 0.356 e. The molecule has 6 nitrogen and oxygen atoms in total. The number of nitrogens with one attached hydrogen (secondary N) is 2. The second-order valence-electron chi connectivity index (χ2n) is 6.01. The standard InChI is InChI=1S/C18H32N4O2S.HI/c1-5-22(6-2)17(16-11-8-7-9-12-16)15-21-18(19-3)20-13-10-14-25(4,23)24;/h7-9,11-12,17H,5-6,10,13-15H2,1-4H3,(H2,19,20,21);1H. The first-order valence-corrected chi connectivity index (χ1v) is 10.9. The zero-order valence-electron chi connectivity index (χ0n) is 16.2. The monoisotopic (exact) mass is 496 g/mol. The highest BCUT2D eigenvalue weighted by atomic mass is 127. The van der Waals surface area contributed by atoms with Gasteiger partial charge in [-0.3, -0.25) is 9.89 Å². The van der Waals surface area contributed by atoms with Gasteiger partial charge >= 0.3 is 0 Å². The molecule has 0 aliphatic heterocycles. The normalized spacial score (nSPS) is 13.2. The molecule has 2 N–H and O–H groups in total. The lowest BCUT2D eigenvalue weighted by Crippen LogP contribution is -2.43. The van der Waals surface area contributed by atoms with Crippen molar-refractivity contribution in [1.29, 1.82) is 0 Å². The molecule has 150 valence electrons. The number of aliphatic imine (C=N–C) groups is 1. The fraction of sp³-hybridized carbons (Fsp3) is 0.611. The molecule has 0 spiro atoms. The minimum Gasteiger partial charge on any atom is -0.356 e. The number of halogens is 1. The van der Waals surface area contributed by atoms with Crippen LogP contribution in [0.1, 0.15) is 31.9 Å². The molecular formula is C18H33IN4O2S. The summed E-state index contributed by atoms with van der Waals surface area (Å²) in [4.78, 5) is 6.63. The van der Waals surface area contributed by atoms with Crippen LogP contribution in [0.3, 0.4) is 0 Å². The van der Waals surface area contributed by atoms with Crippen molar-refractivity contribution in [2.24, 2.45) is 4.99 Å². The molecule has 0 amide bonds. The lowest BCUT2D eigenvalue weighted by molar-refractivity contribution is 0.219. The smallest absolute Gasteiger partial charge is 0.191 e. The third-order valence-corrected chi connectivity index (χ3v) is 5.14. The van der Waals surface area contributed by atoms with Crippen LogP contribution in [0.4, 0.5) is 0 Å². The van der Waals surface area contributed by atoms with E-state index in [0.717, 1.165) is 19.6 Å². The van der Waals surface area contributed by atoms with E-state index < -0.39 is 9.84 Å². The summed E-state index contributed by atoms with van der Waals surface area (Å²) < 4.78 is 22.4. The molecule has 0 bridgehead atoms. The van der Waals surface area contributed by atoms with Gasteiger partial charge in [0.05, 0.1) is 11.8 Å². The van der Waals surface area contributed by atoms with Crippen molar-refractivity contribution in [1.82, 2.24) is 15.5 Å². The molecule has 1 unspecified atom stereocenters. The van der Waals surface area contributed by atoms with Crippen LogP contribution in [-0.4, -0.2) is 64.5 Å². The first kappa shape index (κ1) is 25.1. The molecule has 0 radical (unpaired) electrons. The summed E-state index contributed by atoms with van der Waals surface area (Å²) in [7, 11) is -1.19. The minimum absolute atomic E-state index is 0. The van der Waals surface area contributed by atoms with Crippen LogP contribution >= 0.6 is 24.0 Å². The van der Waals surface area contributed by atoms with Crippen molar-refractivity contribution < 1.29 is 8.42 Å². The Morgan fingerprint density at radius 2 is 1.77 bits per heavy atom. The number of likely N-dealkylation sites (N-methyl/N-ethyl adjacent to an activating group) is 1. The maximum absolute atomic E-state index is 11.2. The van der Waals surface area contributed by atoms with E-state index in [1.54, 1.807) is 7.05 Å². The Bertz CT molecular complexity index is 619. The highest BCUT2D eigenvalue weighted by Gasteiger charge is 2.18. The lowest BCUT2D eigenvalue weighted by atomic mass is 10.1. The summed E-state index contributed by atoms with van der Waals surface area (Å²) in [6.07, 6.45) is 1.83. The summed E-state index contributed by atoms with van der Waals surface area (Å²) in [5.74, 6) is 0.880. The second-order valence-corrected chi connectivity index (χ2v) is 8.27. The first-order valence-electron chi connectivity index (χ1n) is 8.82. The van der Waals surface area contributed by atoms with E-state index in [1.165, 1.54) is 11.8 Å². The van der Waals surface area contributed by atoms with Crippen LogP contribution in [0.15, 0.2) is 35.3 Å². The van der Waals surface area contributed by atoms with Gasteiger partial charge in [-0.25, -0.2) is 8.42 Å². The van der Waals surface area contributed by atoms with Gasteiger partial charge in [-0.1, -0.05) is 44.2 Å². The molecule has 1 atom stereocenters. The topological polar surface area (TPSA) is 73.8 Å². The van der Waals surface area contributed by atoms with Crippen molar-refractivity contribution in [3.8, 4) is 0 Å². The quantitative estimate of drug-likeness (QED) is 0.225. The fourth-order valence-electron chi connectivity index (χ4n) is 2.75. The van der Waals surface area contributed by atoms with Crippen LogP contribution in [-0.2, 0) is 9.84 Å². The van der Waals surface area contributed by atoms with Crippen molar-refractivity contribution in [3.63, 3.8) is 0 Å². The number of rotatable bonds is 10. The number of hydrogen-bond donors (Lipinski definition) is 2. The van der Waals surface area contributed by atoms with Crippen molar-refractivity contribution >= 4 is 39.8 Å². The van der Waals surface area contributed by atoms with Gasteiger partial charge in [0.15, 0.2) is 5.96 Å². The van der Waals surface area contributed by atoms with Crippen molar-refractivity contribution in [3.05, 3.63) is 35.9 Å². The van der Waals surface area contributed by atoms with Crippen LogP contribution < -0.4 is 10.6 Å². The molecule has 0 aliphatic rings. The average Bonchev–Trinajstić information content (AvgIpc) is 2.60. The third kappa shape index (κ3) is 9.72. The maximum Gasteiger partial charge on any atom is 0.191 e. The fourth-order valence-corrected chi connectivity index (χ4v) is 3.42. The molecule has 0 fully saturated rings. The van der Waals surface area contributed by atoms with Gasteiger partial charge in [-0.15, -0.1) is 24.0 Å². The molecule has 0 aromatic heterocycles. The molecule has 0 saturated carbocycles. The second kappa shape index (κ2) is 13.3. The maximum atomic E-state index is 11.2. The Kier molecular flexibility index (Phi) is 12.9. The molecule has 0 aliphatic carbocycles. The van der Waals surface area contributed by atoms with E-state index >= 15 is 0 Å². The summed E-state index contributed by atoms with van der Waals surface area (Å²) in [5, 5.41) is 6.54. The summed E-state index contributed by atoms with van der Waals surface area (Å²) in [5.41, 5.74) is 1.27. The van der Waals surface area contributed by atoms with E-state index in [4.69, 9.17) is 0 Å². The molecule has 1 rings (SSSR count). The molecule has 0 saturated heterocycles. The molecule has 26 heavy (non-hydrogen) atoms. The van der Waals surface area contributed by atoms with E-state index in [1.807, 2.05) is 6.07 Å². The minimum atomic E-state index is -2.92. The number of guanidine groups is 1. The summed E-state index contributed by atoms with van der Waals surface area (Å²) >= 11 is 0. The van der Waals surface area contributed by atoms with E-state index in [2.05, 4.69) is 58.6 Å². The number of sulfone groups is 1. The zero-order chi connectivity index (χ0) is 18.7. The Balaban J connectivity index is 0.00000625. The Hall–Kier alpha value is -0.870. The summed E-state index contributed by atoms with van der Waals surface area (Å²) in [6.45, 7) is 7.58. The van der Waals surface area contributed by atoms with Gasteiger partial charge in [0, 0.05) is 26.4 Å². The number of hydrogen-bond acceptors (Lipinski definition) is 4. The average molecular weight is 496 g/mol. The third-order valence-electron chi connectivity index (χ3n) is 4.11. The van der Waals surface area contributed by atoms with Gasteiger partial charge in [-0.2, -0.15) is 0 Å². The SMILES string of the molecule is CCN(CC)C(CNC(=NC)NCCCS(C)(=O)=O)c1ccccc1.I. The zero-order valence-corrected chi connectivity index (χ0v) is 19.4. The molecule has 8 heteroatoms. The highest BCUT2D eigenvalue weighted by Crippen LogP contribution is 2.19. The van der Waals surface area contributed by atoms with Crippen molar-refractivity contribution in [2.75, 3.05) is 45.2 Å². The predicted octanol–water partition coefficient (Wildman–Crippen LogP) is 2.29. The van der Waals surface area contributed by atoms with Gasteiger partial charge in [0.1, 0.15) is 9.84 Å². The van der Waals surface area contributed by atoms with Crippen LogP contribution in [0.5, 0.6) is 0 Å². The highest BCUT2D eigenvalue weighted by molar-refractivity contribution is 14.0. The Morgan fingerprint density at radius 1 is 1.15 bits per heavy atom. The van der Waals surface area contributed by atoms with E-state index in [-0.39, 0.29) is 35.8 Å². The molecule has 1 aromatic carbocycles. The molecular weight excluding hydrogens is 463 g/mol. The van der Waals surface area contributed by atoms with Gasteiger partial charge in [0.25, 0.3) is 0 Å². The first-order chi connectivity index (χ1) is 11.9. The number of nitrogens with zero attached hydrogens (tertiary/aromatic N) is 2. The van der Waals surface area contributed by atoms with Gasteiger partial charge in [0.2, 0.25) is 0 Å². The summed E-state index contributed by atoms with van der Waals surface area (Å²) in [6, 6.07) is 10.7. The van der Waals surface area contributed by atoms with Crippen LogP contribution in [0.2, 0.25) is 0 Å². The van der Waals surface area contributed by atoms with Crippen LogP contribution in [0.25, 0.3) is 0 Å². The van der Waals surface area contributed by atoms with E-state index in [0.29, 0.717) is 18.9 Å². The van der Waals surface area contributed by atoms with Gasteiger partial charge in [-0.05, 0) is 25.1 Å². The van der Waals surface area contributed by atoms with Gasteiger partial charge < -0.3 is 10.6 Å². The predicted molar refractivity (Wildman–Crippen MR) is 121 cm³/mol. The Labute approximate surface area is 175 Å². The molecule has 0 heterocycles. The van der Waals surface area contributed by atoms with E-state index in [9.17, 15) is 8.42 Å². The Morgan fingerprint density at radius 3 is 2.27 bits per heavy atom. The lowest BCUT2D eigenvalue weighted by Gasteiger charge is -2.30. The number of benzene rings is 1.